The molecule has 0 radical (unpaired) electrons. The van der Waals surface area contributed by atoms with Crippen LogP contribution in [-0.2, 0) is 4.74 Å². The maximum absolute atomic E-state index is 13.8. The quantitative estimate of drug-likeness (QED) is 0.314. The third-order valence-corrected chi connectivity index (χ3v) is 5.29. The van der Waals surface area contributed by atoms with Crippen LogP contribution in [-0.4, -0.2) is 28.4 Å². The molecule has 30 heavy (non-hydrogen) atoms. The van der Waals surface area contributed by atoms with Crippen LogP contribution >= 0.6 is 34.8 Å². The molecule has 0 bridgehead atoms. The summed E-state index contributed by atoms with van der Waals surface area (Å²) in [5.74, 6) is 0.0800. The van der Waals surface area contributed by atoms with Gasteiger partial charge in [0, 0.05) is 34.1 Å². The van der Waals surface area contributed by atoms with E-state index in [4.69, 9.17) is 55.1 Å². The Morgan fingerprint density at radius 3 is 2.83 bits per heavy atom. The maximum Gasteiger partial charge on any atom is 0.222 e. The van der Waals surface area contributed by atoms with E-state index < -0.39 is 17.0 Å². The molecular weight excluding hydrogens is 456 g/mol. The molecule has 1 aliphatic rings. The Hall–Kier alpha value is -2.03. The Balaban J connectivity index is 1.84. The molecule has 6 nitrogen and oxygen atoms in total. The summed E-state index contributed by atoms with van der Waals surface area (Å²) in [6.45, 7) is 1.56. The number of alkyl halides is 1. The number of allylic oxidation sites excluding steroid dienone is 2. The molecule has 0 amide bonds. The number of benzene rings is 1. The van der Waals surface area contributed by atoms with E-state index in [1.54, 1.807) is 31.5 Å². The Morgan fingerprint density at radius 2 is 2.10 bits per heavy atom. The molecule has 2 aromatic rings. The van der Waals surface area contributed by atoms with Gasteiger partial charge in [0.2, 0.25) is 5.12 Å². The fraction of sp³-hybridized carbons (Fsp3) is 0.250. The topological polar surface area (TPSA) is 89.6 Å². The summed E-state index contributed by atoms with van der Waals surface area (Å²) in [6, 6.07) is 4.36. The number of nitrogens with one attached hydrogen (secondary N) is 1. The monoisotopic (exact) mass is 473 g/mol. The molecule has 2 atom stereocenters. The average Bonchev–Trinajstić information content (AvgIpc) is 2.70. The van der Waals surface area contributed by atoms with Crippen molar-refractivity contribution in [3.8, 4) is 5.75 Å². The molecule has 10 heteroatoms. The number of rotatable bonds is 7. The Bertz CT molecular complexity index is 999. The second kappa shape index (κ2) is 9.41. The number of ether oxygens (including phenoxy) is 2. The van der Waals surface area contributed by atoms with Gasteiger partial charge in [-0.2, -0.15) is 0 Å². The van der Waals surface area contributed by atoms with Gasteiger partial charge in [0.25, 0.3) is 0 Å². The molecule has 0 fully saturated rings. The van der Waals surface area contributed by atoms with Gasteiger partial charge in [-0.25, -0.2) is 4.39 Å². The molecule has 160 valence electrons. The molecule has 1 aromatic carbocycles. The molecule has 1 aliphatic heterocycles. The number of aliphatic hydroxyl groups is 1. The van der Waals surface area contributed by atoms with Gasteiger partial charge in [0.1, 0.15) is 24.3 Å². The van der Waals surface area contributed by atoms with Crippen molar-refractivity contribution in [2.75, 3.05) is 13.2 Å². The molecule has 1 aromatic heterocycles. The number of dihydropyridines is 1. The van der Waals surface area contributed by atoms with Crippen LogP contribution in [0.3, 0.4) is 0 Å². The fourth-order valence-electron chi connectivity index (χ4n) is 2.83. The lowest BCUT2D eigenvalue weighted by molar-refractivity contribution is 0.126. The number of nitrogens with zero attached hydrogens (tertiary/aromatic N) is 1. The van der Waals surface area contributed by atoms with E-state index in [1.165, 1.54) is 18.3 Å². The van der Waals surface area contributed by atoms with Crippen molar-refractivity contribution in [1.29, 1.82) is 0 Å². The summed E-state index contributed by atoms with van der Waals surface area (Å²) in [6.07, 6.45) is 5.76. The lowest BCUT2D eigenvalue weighted by Crippen LogP contribution is -2.49. The minimum absolute atomic E-state index is 0.0422. The molecular formula is C20H19Cl3FN3O3. The van der Waals surface area contributed by atoms with Crippen molar-refractivity contribution < 1.29 is 19.0 Å². The summed E-state index contributed by atoms with van der Waals surface area (Å²) >= 11 is 18.4. The highest BCUT2D eigenvalue weighted by Crippen LogP contribution is 2.35. The van der Waals surface area contributed by atoms with Crippen molar-refractivity contribution in [2.45, 2.75) is 18.1 Å². The zero-order chi connectivity index (χ0) is 21.9. The minimum atomic E-state index is -1.43. The van der Waals surface area contributed by atoms with Crippen LogP contribution < -0.4 is 15.8 Å². The highest BCUT2D eigenvalue weighted by molar-refractivity contribution is 6.36. The summed E-state index contributed by atoms with van der Waals surface area (Å²) in [4.78, 5) is 4.18. The van der Waals surface area contributed by atoms with Crippen molar-refractivity contribution in [3.05, 3.63) is 75.6 Å². The second-order valence-corrected chi connectivity index (χ2v) is 7.84. The number of hydrogen-bond donors (Lipinski definition) is 3. The largest absolute Gasteiger partial charge is 0.490 e. The van der Waals surface area contributed by atoms with Gasteiger partial charge in [-0.3, -0.25) is 10.7 Å². The summed E-state index contributed by atoms with van der Waals surface area (Å²) in [5, 5.41) is 10.6. The van der Waals surface area contributed by atoms with Crippen LogP contribution in [0.15, 0.2) is 48.6 Å². The predicted octanol–water partition coefficient (Wildman–Crippen LogP) is 4.36. The smallest absolute Gasteiger partial charge is 0.222 e. The summed E-state index contributed by atoms with van der Waals surface area (Å²) in [7, 11) is 0. The summed E-state index contributed by atoms with van der Waals surface area (Å²) < 4.78 is 25.1. The lowest BCUT2D eigenvalue weighted by Gasteiger charge is -2.29. The van der Waals surface area contributed by atoms with E-state index in [2.05, 4.69) is 10.3 Å². The van der Waals surface area contributed by atoms with E-state index in [-0.39, 0.29) is 24.0 Å². The summed E-state index contributed by atoms with van der Waals surface area (Å²) in [5.41, 5.74) is 7.65. The zero-order valence-corrected chi connectivity index (χ0v) is 18.1. The van der Waals surface area contributed by atoms with Crippen LogP contribution in [0.25, 0.3) is 5.57 Å². The number of halogens is 4. The number of aliphatic hydroxyl groups excluding tert-OH is 1. The van der Waals surface area contributed by atoms with Gasteiger partial charge in [0.05, 0.1) is 17.8 Å². The van der Waals surface area contributed by atoms with Crippen LogP contribution in [0.5, 0.6) is 5.75 Å². The predicted molar refractivity (Wildman–Crippen MR) is 115 cm³/mol. The first-order valence-electron chi connectivity index (χ1n) is 8.90. The number of nitrogens with two attached hydrogens (primary N) is 1. The standard InChI is InChI=1S/C20H19Cl3FN3O3/c1-11(18-15(21)2-3-16(24)19(18)22)30-14-6-12(8-26-10-14)13-7-17(29-5-4-28)20(23,25)27-9-13/h2-3,6-11,27-28H,4-5,25H2,1H3/t11?,20-/m1/s1. The van der Waals surface area contributed by atoms with Crippen LogP contribution in [0.2, 0.25) is 10.0 Å². The molecule has 4 N–H and O–H groups in total. The van der Waals surface area contributed by atoms with Crippen molar-refractivity contribution in [2.24, 2.45) is 5.73 Å². The first-order valence-corrected chi connectivity index (χ1v) is 10.0. The average molecular weight is 475 g/mol. The van der Waals surface area contributed by atoms with Gasteiger partial charge in [-0.05, 0) is 31.2 Å². The van der Waals surface area contributed by atoms with Gasteiger partial charge in [-0.15, -0.1) is 0 Å². The number of hydrogen-bond acceptors (Lipinski definition) is 6. The fourth-order valence-corrected chi connectivity index (χ4v) is 3.67. The third-order valence-electron chi connectivity index (χ3n) is 4.28. The van der Waals surface area contributed by atoms with Gasteiger partial charge >= 0.3 is 0 Å². The Kier molecular flexibility index (Phi) is 7.10. The normalized spacial score (nSPS) is 19.4. The highest BCUT2D eigenvalue weighted by atomic mass is 35.5. The van der Waals surface area contributed by atoms with Gasteiger partial charge in [-0.1, -0.05) is 34.8 Å². The van der Waals surface area contributed by atoms with E-state index >= 15 is 0 Å². The van der Waals surface area contributed by atoms with E-state index in [1.807, 2.05) is 0 Å². The Labute approximate surface area is 188 Å². The third kappa shape index (κ3) is 4.99. The minimum Gasteiger partial charge on any atom is -0.490 e. The molecule has 0 spiro atoms. The Morgan fingerprint density at radius 1 is 1.33 bits per heavy atom. The van der Waals surface area contributed by atoms with Crippen LogP contribution in [0, 0.1) is 5.82 Å². The van der Waals surface area contributed by atoms with Crippen molar-refractivity contribution in [3.63, 3.8) is 0 Å². The van der Waals surface area contributed by atoms with Gasteiger partial charge in [0.15, 0.2) is 5.76 Å². The molecule has 1 unspecified atom stereocenters. The molecule has 0 aliphatic carbocycles. The number of aromatic nitrogens is 1. The maximum atomic E-state index is 13.8. The van der Waals surface area contributed by atoms with E-state index in [0.29, 0.717) is 27.5 Å². The SMILES string of the molecule is CC(Oc1cncc(C2=CN[C@@](N)(Cl)C(OCCO)=C2)c1)c1c(Cl)ccc(F)c1Cl. The molecule has 0 saturated heterocycles. The first kappa shape index (κ1) is 22.7. The molecule has 0 saturated carbocycles. The van der Waals surface area contributed by atoms with E-state index in [0.717, 1.165) is 0 Å². The highest BCUT2D eigenvalue weighted by Gasteiger charge is 2.31. The van der Waals surface area contributed by atoms with Gasteiger partial charge < -0.3 is 19.9 Å². The lowest BCUT2D eigenvalue weighted by atomic mass is 10.1. The second-order valence-electron chi connectivity index (χ2n) is 6.46. The number of pyridine rings is 1. The molecule has 2 heterocycles. The van der Waals surface area contributed by atoms with Crippen LogP contribution in [0.1, 0.15) is 24.2 Å². The first-order chi connectivity index (χ1) is 14.2. The van der Waals surface area contributed by atoms with Crippen molar-refractivity contribution >= 4 is 40.4 Å². The van der Waals surface area contributed by atoms with Crippen molar-refractivity contribution in [1.82, 2.24) is 10.3 Å². The molecule has 3 rings (SSSR count). The van der Waals surface area contributed by atoms with Crippen LogP contribution in [0.4, 0.5) is 4.39 Å². The zero-order valence-electron chi connectivity index (χ0n) is 15.8. The van der Waals surface area contributed by atoms with E-state index in [9.17, 15) is 4.39 Å².